The molecule has 1 aliphatic heterocycles. The molecule has 0 atom stereocenters. The molecule has 1 fully saturated rings. The number of anilines is 1. The summed E-state index contributed by atoms with van der Waals surface area (Å²) in [7, 11) is -1.70. The molecule has 1 aliphatic rings. The van der Waals surface area contributed by atoms with Gasteiger partial charge in [0.1, 0.15) is 4.90 Å². The van der Waals surface area contributed by atoms with E-state index < -0.39 is 10.0 Å². The second-order valence-electron chi connectivity index (χ2n) is 4.80. The SMILES string of the molecule is CCOC1CCN(S(=O)(=O)c2ccccc2NC)CC1. The van der Waals surface area contributed by atoms with Gasteiger partial charge in [-0.1, -0.05) is 12.1 Å². The van der Waals surface area contributed by atoms with E-state index in [0.717, 1.165) is 12.8 Å². The van der Waals surface area contributed by atoms with Gasteiger partial charge in [0.05, 0.1) is 11.8 Å². The lowest BCUT2D eigenvalue weighted by Crippen LogP contribution is -2.41. The van der Waals surface area contributed by atoms with Crippen LogP contribution < -0.4 is 5.32 Å². The first-order chi connectivity index (χ1) is 9.59. The minimum Gasteiger partial charge on any atom is -0.387 e. The van der Waals surface area contributed by atoms with Crippen molar-refractivity contribution in [3.8, 4) is 0 Å². The molecule has 0 bridgehead atoms. The summed E-state index contributed by atoms with van der Waals surface area (Å²) in [6.45, 7) is 3.68. The molecule has 0 spiro atoms. The van der Waals surface area contributed by atoms with Crippen LogP contribution >= 0.6 is 0 Å². The number of hydrogen-bond acceptors (Lipinski definition) is 4. The highest BCUT2D eigenvalue weighted by Crippen LogP contribution is 2.26. The van der Waals surface area contributed by atoms with Gasteiger partial charge >= 0.3 is 0 Å². The Morgan fingerprint density at radius 2 is 1.95 bits per heavy atom. The number of sulfonamides is 1. The van der Waals surface area contributed by atoms with Crippen LogP contribution in [0, 0.1) is 0 Å². The number of benzene rings is 1. The highest BCUT2D eigenvalue weighted by Gasteiger charge is 2.30. The monoisotopic (exact) mass is 298 g/mol. The first-order valence-corrected chi connectivity index (χ1v) is 8.42. The van der Waals surface area contributed by atoms with Crippen molar-refractivity contribution in [1.82, 2.24) is 4.31 Å². The van der Waals surface area contributed by atoms with E-state index in [1.54, 1.807) is 29.6 Å². The molecule has 5 nitrogen and oxygen atoms in total. The molecule has 1 aromatic rings. The van der Waals surface area contributed by atoms with E-state index in [4.69, 9.17) is 4.74 Å². The molecule has 0 aromatic heterocycles. The number of para-hydroxylation sites is 1. The lowest BCUT2D eigenvalue weighted by atomic mass is 10.1. The van der Waals surface area contributed by atoms with Crippen LogP contribution in [0.5, 0.6) is 0 Å². The summed E-state index contributed by atoms with van der Waals surface area (Å²) in [5.74, 6) is 0. The van der Waals surface area contributed by atoms with Gasteiger partial charge < -0.3 is 10.1 Å². The van der Waals surface area contributed by atoms with Gasteiger partial charge in [-0.25, -0.2) is 8.42 Å². The van der Waals surface area contributed by atoms with Crippen molar-refractivity contribution in [2.75, 3.05) is 32.1 Å². The van der Waals surface area contributed by atoms with Crippen LogP contribution in [0.2, 0.25) is 0 Å². The Hall–Kier alpha value is -1.11. The van der Waals surface area contributed by atoms with E-state index in [-0.39, 0.29) is 6.10 Å². The molecule has 1 aromatic carbocycles. The van der Waals surface area contributed by atoms with Crippen LogP contribution in [0.25, 0.3) is 0 Å². The molecule has 1 heterocycles. The third-order valence-corrected chi connectivity index (χ3v) is 5.53. The lowest BCUT2D eigenvalue weighted by Gasteiger charge is -2.31. The smallest absolute Gasteiger partial charge is 0.245 e. The van der Waals surface area contributed by atoms with Gasteiger partial charge in [-0.05, 0) is 31.9 Å². The van der Waals surface area contributed by atoms with Gasteiger partial charge in [-0.15, -0.1) is 0 Å². The number of rotatable bonds is 5. The van der Waals surface area contributed by atoms with Gasteiger partial charge in [0.15, 0.2) is 0 Å². The van der Waals surface area contributed by atoms with Gasteiger partial charge in [0.2, 0.25) is 10.0 Å². The van der Waals surface area contributed by atoms with Gasteiger partial charge in [0.25, 0.3) is 0 Å². The van der Waals surface area contributed by atoms with E-state index in [1.807, 2.05) is 13.0 Å². The fourth-order valence-corrected chi connectivity index (χ4v) is 4.18. The molecule has 112 valence electrons. The third-order valence-electron chi connectivity index (χ3n) is 3.58. The number of ether oxygens (including phenoxy) is 1. The number of nitrogens with one attached hydrogen (secondary N) is 1. The van der Waals surface area contributed by atoms with Gasteiger partial charge in [-0.2, -0.15) is 4.31 Å². The first-order valence-electron chi connectivity index (χ1n) is 6.98. The summed E-state index contributed by atoms with van der Waals surface area (Å²) in [5, 5.41) is 2.94. The third kappa shape index (κ3) is 3.13. The lowest BCUT2D eigenvalue weighted by molar-refractivity contribution is 0.0290. The summed E-state index contributed by atoms with van der Waals surface area (Å²) in [5.41, 5.74) is 0.638. The normalized spacial score (nSPS) is 18.1. The fraction of sp³-hybridized carbons (Fsp3) is 0.571. The average Bonchev–Trinajstić information content (AvgIpc) is 2.48. The number of nitrogens with zero attached hydrogens (tertiary/aromatic N) is 1. The van der Waals surface area contributed by atoms with Crippen LogP contribution in [-0.4, -0.2) is 45.6 Å². The summed E-state index contributed by atoms with van der Waals surface area (Å²) in [6, 6.07) is 7.00. The molecule has 0 unspecified atom stereocenters. The zero-order valence-electron chi connectivity index (χ0n) is 12.0. The molecule has 1 saturated heterocycles. The molecule has 0 aliphatic carbocycles. The maximum Gasteiger partial charge on any atom is 0.245 e. The van der Waals surface area contributed by atoms with Crippen LogP contribution in [-0.2, 0) is 14.8 Å². The van der Waals surface area contributed by atoms with Crippen LogP contribution in [0.15, 0.2) is 29.2 Å². The summed E-state index contributed by atoms with van der Waals surface area (Å²) >= 11 is 0. The van der Waals surface area contributed by atoms with Crippen molar-refractivity contribution in [2.24, 2.45) is 0 Å². The molecule has 0 radical (unpaired) electrons. The standard InChI is InChI=1S/C14H22N2O3S/c1-3-19-12-8-10-16(11-9-12)20(17,18)14-7-5-4-6-13(14)15-2/h4-7,12,15H,3,8-11H2,1-2H3. The summed E-state index contributed by atoms with van der Waals surface area (Å²) in [4.78, 5) is 0.345. The Labute approximate surface area is 121 Å². The number of hydrogen-bond donors (Lipinski definition) is 1. The molecule has 1 N–H and O–H groups in total. The van der Waals surface area contributed by atoms with Crippen molar-refractivity contribution in [2.45, 2.75) is 30.8 Å². The van der Waals surface area contributed by atoms with E-state index >= 15 is 0 Å². The summed E-state index contributed by atoms with van der Waals surface area (Å²) in [6.07, 6.45) is 1.70. The molecular formula is C14H22N2O3S. The minimum absolute atomic E-state index is 0.186. The van der Waals surface area contributed by atoms with Crippen molar-refractivity contribution in [3.05, 3.63) is 24.3 Å². The maximum atomic E-state index is 12.7. The van der Waals surface area contributed by atoms with Crippen molar-refractivity contribution in [3.63, 3.8) is 0 Å². The Morgan fingerprint density at radius 1 is 1.30 bits per heavy atom. The van der Waals surface area contributed by atoms with E-state index in [2.05, 4.69) is 5.32 Å². The zero-order valence-corrected chi connectivity index (χ0v) is 12.8. The Kier molecular flexibility index (Phi) is 5.01. The predicted molar refractivity (Wildman–Crippen MR) is 79.4 cm³/mol. The molecule has 0 saturated carbocycles. The van der Waals surface area contributed by atoms with E-state index in [0.29, 0.717) is 30.3 Å². The highest BCUT2D eigenvalue weighted by atomic mass is 32.2. The second kappa shape index (κ2) is 6.56. The average molecular weight is 298 g/mol. The Morgan fingerprint density at radius 3 is 2.55 bits per heavy atom. The van der Waals surface area contributed by atoms with Crippen LogP contribution in [0.4, 0.5) is 5.69 Å². The molecule has 6 heteroatoms. The minimum atomic E-state index is -3.43. The molecule has 0 amide bonds. The largest absolute Gasteiger partial charge is 0.387 e. The zero-order chi connectivity index (χ0) is 14.6. The first kappa shape index (κ1) is 15.3. The van der Waals surface area contributed by atoms with Crippen molar-refractivity contribution in [1.29, 1.82) is 0 Å². The van der Waals surface area contributed by atoms with Crippen molar-refractivity contribution < 1.29 is 13.2 Å². The van der Waals surface area contributed by atoms with Crippen LogP contribution in [0.1, 0.15) is 19.8 Å². The number of piperidine rings is 1. The molecular weight excluding hydrogens is 276 g/mol. The van der Waals surface area contributed by atoms with E-state index in [1.165, 1.54) is 0 Å². The topological polar surface area (TPSA) is 58.6 Å². The van der Waals surface area contributed by atoms with Crippen molar-refractivity contribution >= 4 is 15.7 Å². The summed E-state index contributed by atoms with van der Waals surface area (Å²) < 4.78 is 32.5. The van der Waals surface area contributed by atoms with Crippen LogP contribution in [0.3, 0.4) is 0 Å². The van der Waals surface area contributed by atoms with E-state index in [9.17, 15) is 8.42 Å². The predicted octanol–water partition coefficient (Wildman–Crippen LogP) is 1.92. The highest BCUT2D eigenvalue weighted by molar-refractivity contribution is 7.89. The van der Waals surface area contributed by atoms with Gasteiger partial charge in [0, 0.05) is 26.7 Å². The Balaban J connectivity index is 2.16. The molecule has 20 heavy (non-hydrogen) atoms. The Bertz CT molecular complexity index is 537. The maximum absolute atomic E-state index is 12.7. The molecule has 2 rings (SSSR count). The second-order valence-corrected chi connectivity index (χ2v) is 6.71. The fourth-order valence-electron chi connectivity index (χ4n) is 2.51. The quantitative estimate of drug-likeness (QED) is 0.902. The van der Waals surface area contributed by atoms with Gasteiger partial charge in [-0.3, -0.25) is 0 Å².